The molecule has 1 N–H and O–H groups in total. The van der Waals surface area contributed by atoms with E-state index in [1.807, 2.05) is 0 Å². The first-order valence-electron chi connectivity index (χ1n) is 3.56. The van der Waals surface area contributed by atoms with Gasteiger partial charge in [-0.25, -0.2) is 0 Å². The van der Waals surface area contributed by atoms with Gasteiger partial charge in [-0.1, -0.05) is 26.3 Å². The van der Waals surface area contributed by atoms with Crippen molar-refractivity contribution >= 4 is 0 Å². The second-order valence-electron chi connectivity index (χ2n) is 2.71. The third kappa shape index (κ3) is 7.54. The predicted molar refractivity (Wildman–Crippen MR) is 40.5 cm³/mol. The van der Waals surface area contributed by atoms with Crippen LogP contribution in [0.4, 0.5) is 0 Å². The monoisotopic (exact) mass is 128 g/mol. The maximum atomic E-state index is 8.25. The lowest BCUT2D eigenvalue weighted by Gasteiger charge is -1.99. The smallest absolute Gasteiger partial charge is 0.0751 e. The minimum atomic E-state index is 0.789. The van der Waals surface area contributed by atoms with Gasteiger partial charge in [0.15, 0.2) is 0 Å². The van der Waals surface area contributed by atoms with Gasteiger partial charge in [0.1, 0.15) is 0 Å². The van der Waals surface area contributed by atoms with Crippen LogP contribution >= 0.6 is 0 Å². The molecule has 0 radical (unpaired) electrons. The van der Waals surface area contributed by atoms with E-state index >= 15 is 0 Å². The van der Waals surface area contributed by atoms with Crippen molar-refractivity contribution in [3.05, 3.63) is 12.3 Å². The minimum absolute atomic E-state index is 0.789. The van der Waals surface area contributed by atoms with Gasteiger partial charge in [0.25, 0.3) is 0 Å². The highest BCUT2D eigenvalue weighted by molar-refractivity contribution is 4.70. The van der Waals surface area contributed by atoms with E-state index in [2.05, 4.69) is 13.8 Å². The van der Waals surface area contributed by atoms with E-state index in [4.69, 9.17) is 5.11 Å². The molecule has 0 fully saturated rings. The van der Waals surface area contributed by atoms with Gasteiger partial charge in [-0.05, 0) is 18.8 Å². The Morgan fingerprint density at radius 2 is 2.11 bits per heavy atom. The Labute approximate surface area is 57.4 Å². The largest absolute Gasteiger partial charge is 0.516 e. The van der Waals surface area contributed by atoms with E-state index < -0.39 is 0 Å². The number of aliphatic hydroxyl groups excluding tert-OH is 1. The number of hydrogen-bond donors (Lipinski definition) is 1. The molecule has 0 saturated carbocycles. The Balaban J connectivity index is 2.91. The fraction of sp³-hybridized carbons (Fsp3) is 0.750. The zero-order valence-electron chi connectivity index (χ0n) is 6.30. The molecule has 0 aromatic rings. The van der Waals surface area contributed by atoms with Crippen molar-refractivity contribution < 1.29 is 5.11 Å². The van der Waals surface area contributed by atoms with Gasteiger partial charge in [0.2, 0.25) is 0 Å². The number of rotatable bonds is 4. The summed E-state index contributed by atoms with van der Waals surface area (Å²) in [6.45, 7) is 4.42. The molecule has 9 heavy (non-hydrogen) atoms. The van der Waals surface area contributed by atoms with Gasteiger partial charge in [-0.15, -0.1) is 0 Å². The lowest BCUT2D eigenvalue weighted by molar-refractivity contribution is 0.468. The van der Waals surface area contributed by atoms with E-state index in [-0.39, 0.29) is 0 Å². The van der Waals surface area contributed by atoms with Crippen molar-refractivity contribution in [3.8, 4) is 0 Å². The van der Waals surface area contributed by atoms with Crippen molar-refractivity contribution in [1.82, 2.24) is 0 Å². The van der Waals surface area contributed by atoms with Crippen LogP contribution in [0.15, 0.2) is 12.3 Å². The standard InChI is InChI=1S/C8H16O/c1-8(2)6-4-3-5-7-9/h5,7-9H,3-4,6H2,1-2H3/b7-5+. The Bertz CT molecular complexity index is 74.6. The van der Waals surface area contributed by atoms with Crippen LogP contribution in [-0.4, -0.2) is 5.11 Å². The van der Waals surface area contributed by atoms with Crippen molar-refractivity contribution in [1.29, 1.82) is 0 Å². The Morgan fingerprint density at radius 3 is 2.56 bits per heavy atom. The maximum absolute atomic E-state index is 8.25. The first-order chi connectivity index (χ1) is 4.27. The first kappa shape index (κ1) is 8.54. The summed E-state index contributed by atoms with van der Waals surface area (Å²) in [5, 5.41) is 8.25. The molecule has 0 aliphatic carbocycles. The molecule has 0 saturated heterocycles. The van der Waals surface area contributed by atoms with Gasteiger partial charge in [0.05, 0.1) is 6.26 Å². The topological polar surface area (TPSA) is 20.2 Å². The van der Waals surface area contributed by atoms with Crippen molar-refractivity contribution in [2.24, 2.45) is 5.92 Å². The molecule has 0 unspecified atom stereocenters. The summed E-state index contributed by atoms with van der Waals surface area (Å²) in [5.74, 6) is 0.789. The predicted octanol–water partition coefficient (Wildman–Crippen LogP) is 2.88. The number of allylic oxidation sites excluding steroid dienone is 1. The van der Waals surface area contributed by atoms with Gasteiger partial charge >= 0.3 is 0 Å². The fourth-order valence-electron chi connectivity index (χ4n) is 0.718. The molecule has 0 atom stereocenters. The molecular formula is C8H16O. The maximum Gasteiger partial charge on any atom is 0.0751 e. The summed E-state index contributed by atoms with van der Waals surface area (Å²) in [4.78, 5) is 0. The molecule has 0 spiro atoms. The van der Waals surface area contributed by atoms with Crippen LogP contribution in [0.1, 0.15) is 33.1 Å². The molecule has 0 aromatic heterocycles. The summed E-state index contributed by atoms with van der Waals surface area (Å²) in [6.07, 6.45) is 6.37. The zero-order chi connectivity index (χ0) is 7.11. The molecule has 54 valence electrons. The summed E-state index contributed by atoms with van der Waals surface area (Å²) < 4.78 is 0. The molecular weight excluding hydrogens is 112 g/mol. The van der Waals surface area contributed by atoms with Crippen molar-refractivity contribution in [3.63, 3.8) is 0 Å². The van der Waals surface area contributed by atoms with E-state index in [1.165, 1.54) is 12.8 Å². The Morgan fingerprint density at radius 1 is 1.44 bits per heavy atom. The van der Waals surface area contributed by atoms with Crippen LogP contribution in [-0.2, 0) is 0 Å². The summed E-state index contributed by atoms with van der Waals surface area (Å²) in [5.41, 5.74) is 0. The fourth-order valence-corrected chi connectivity index (χ4v) is 0.718. The molecule has 0 bridgehead atoms. The third-order valence-electron chi connectivity index (χ3n) is 1.26. The van der Waals surface area contributed by atoms with E-state index in [1.54, 1.807) is 6.08 Å². The molecule has 1 nitrogen and oxygen atoms in total. The quantitative estimate of drug-likeness (QED) is 0.456. The molecule has 0 heterocycles. The minimum Gasteiger partial charge on any atom is -0.516 e. The van der Waals surface area contributed by atoms with Crippen molar-refractivity contribution in [2.45, 2.75) is 33.1 Å². The Kier molecular flexibility index (Phi) is 5.38. The number of aliphatic hydroxyl groups is 1. The highest BCUT2D eigenvalue weighted by Crippen LogP contribution is 2.05. The highest BCUT2D eigenvalue weighted by atomic mass is 16.2. The first-order valence-corrected chi connectivity index (χ1v) is 3.56. The average Bonchev–Trinajstić information content (AvgIpc) is 1.80. The zero-order valence-corrected chi connectivity index (χ0v) is 6.30. The molecule has 0 amide bonds. The summed E-state index contributed by atoms with van der Waals surface area (Å²) in [7, 11) is 0. The highest BCUT2D eigenvalue weighted by Gasteiger charge is 1.90. The van der Waals surface area contributed by atoms with Gasteiger partial charge in [-0.2, -0.15) is 0 Å². The second kappa shape index (κ2) is 5.67. The number of hydrogen-bond acceptors (Lipinski definition) is 1. The third-order valence-corrected chi connectivity index (χ3v) is 1.26. The van der Waals surface area contributed by atoms with Crippen LogP contribution in [0.3, 0.4) is 0 Å². The molecule has 1 heteroatoms. The van der Waals surface area contributed by atoms with Crippen LogP contribution in [0.5, 0.6) is 0 Å². The average molecular weight is 128 g/mol. The molecule has 0 aliphatic heterocycles. The summed E-state index contributed by atoms with van der Waals surface area (Å²) >= 11 is 0. The lowest BCUT2D eigenvalue weighted by atomic mass is 10.1. The van der Waals surface area contributed by atoms with E-state index in [0.717, 1.165) is 18.6 Å². The van der Waals surface area contributed by atoms with Gasteiger partial charge in [0, 0.05) is 0 Å². The second-order valence-corrected chi connectivity index (χ2v) is 2.71. The molecule has 0 aromatic carbocycles. The Hall–Kier alpha value is -0.460. The normalized spacial score (nSPS) is 11.4. The molecule has 0 aliphatic rings. The number of unbranched alkanes of at least 4 members (excludes halogenated alkanes) is 1. The van der Waals surface area contributed by atoms with Gasteiger partial charge < -0.3 is 5.11 Å². The van der Waals surface area contributed by atoms with Crippen molar-refractivity contribution in [2.75, 3.05) is 0 Å². The van der Waals surface area contributed by atoms with E-state index in [9.17, 15) is 0 Å². The van der Waals surface area contributed by atoms with E-state index in [0.29, 0.717) is 0 Å². The SMILES string of the molecule is CC(C)CCC/C=C/O. The summed E-state index contributed by atoms with van der Waals surface area (Å²) in [6, 6.07) is 0. The molecule has 0 rings (SSSR count). The van der Waals surface area contributed by atoms with Crippen LogP contribution < -0.4 is 0 Å². The van der Waals surface area contributed by atoms with Crippen LogP contribution in [0.25, 0.3) is 0 Å². The van der Waals surface area contributed by atoms with Crippen LogP contribution in [0.2, 0.25) is 0 Å². The van der Waals surface area contributed by atoms with Gasteiger partial charge in [-0.3, -0.25) is 0 Å². The lowest BCUT2D eigenvalue weighted by Crippen LogP contribution is -1.84. The van der Waals surface area contributed by atoms with Crippen LogP contribution in [0, 0.1) is 5.92 Å².